The normalized spacial score (nSPS) is 12.7. The molecular formula is C19H27Cl3N4. The number of pyridine rings is 1. The second-order valence-electron chi connectivity index (χ2n) is 6.36. The Morgan fingerprint density at radius 2 is 1.92 bits per heavy atom. The summed E-state index contributed by atoms with van der Waals surface area (Å²) >= 11 is 17.7. The van der Waals surface area contributed by atoms with Crippen LogP contribution in [0.3, 0.4) is 0 Å². The Hall–Kier alpha value is -0.780. The van der Waals surface area contributed by atoms with Crippen LogP contribution in [-0.4, -0.2) is 54.0 Å². The van der Waals surface area contributed by atoms with Crippen LogP contribution < -0.4 is 10.6 Å². The summed E-state index contributed by atoms with van der Waals surface area (Å²) in [6.07, 6.45) is 3.99. The maximum absolute atomic E-state index is 6.05. The Kier molecular flexibility index (Phi) is 9.79. The van der Waals surface area contributed by atoms with E-state index in [0.29, 0.717) is 22.8 Å². The fraction of sp³-hybridized carbons (Fsp3) is 0.526. The molecule has 0 amide bonds. The van der Waals surface area contributed by atoms with Crippen LogP contribution in [0.25, 0.3) is 10.9 Å². The first kappa shape index (κ1) is 21.5. The average molecular weight is 418 g/mol. The minimum Gasteiger partial charge on any atom is -0.382 e. The summed E-state index contributed by atoms with van der Waals surface area (Å²) in [7, 11) is 0. The molecule has 0 aliphatic rings. The number of nitrogens with zero attached hydrogens (tertiary/aromatic N) is 2. The van der Waals surface area contributed by atoms with E-state index in [9.17, 15) is 0 Å². The quantitative estimate of drug-likeness (QED) is 0.296. The number of benzene rings is 1. The number of fused-ring (bicyclic) bond motifs is 1. The number of anilines is 1. The molecule has 7 heteroatoms. The van der Waals surface area contributed by atoms with Gasteiger partial charge in [-0.05, 0) is 50.6 Å². The highest BCUT2D eigenvalue weighted by Crippen LogP contribution is 2.25. The van der Waals surface area contributed by atoms with Crippen molar-refractivity contribution in [2.75, 3.05) is 43.4 Å². The molecule has 0 bridgehead atoms. The van der Waals surface area contributed by atoms with Crippen LogP contribution in [0.5, 0.6) is 0 Å². The lowest BCUT2D eigenvalue weighted by atomic mass is 10.1. The third-order valence-electron chi connectivity index (χ3n) is 4.23. The summed E-state index contributed by atoms with van der Waals surface area (Å²) in [6.45, 7) is 5.73. The number of aromatic nitrogens is 1. The lowest BCUT2D eigenvalue weighted by Gasteiger charge is -2.21. The molecule has 0 aliphatic carbocycles. The monoisotopic (exact) mass is 416 g/mol. The van der Waals surface area contributed by atoms with E-state index in [0.717, 1.165) is 55.7 Å². The summed E-state index contributed by atoms with van der Waals surface area (Å²) in [6, 6.07) is 8.20. The first-order valence-electron chi connectivity index (χ1n) is 9.00. The number of rotatable bonds is 12. The van der Waals surface area contributed by atoms with E-state index in [2.05, 4.69) is 27.4 Å². The van der Waals surface area contributed by atoms with Crippen LogP contribution >= 0.6 is 34.8 Å². The smallest absolute Gasteiger partial charge is 0.0737 e. The molecule has 2 rings (SSSR count). The summed E-state index contributed by atoms with van der Waals surface area (Å²) < 4.78 is 0. The van der Waals surface area contributed by atoms with E-state index >= 15 is 0 Å². The van der Waals surface area contributed by atoms with E-state index in [1.165, 1.54) is 0 Å². The Morgan fingerprint density at radius 3 is 2.65 bits per heavy atom. The van der Waals surface area contributed by atoms with E-state index in [4.69, 9.17) is 34.8 Å². The minimum absolute atomic E-state index is 0.375. The molecule has 1 atom stereocenters. The van der Waals surface area contributed by atoms with Gasteiger partial charge in [0.05, 0.1) is 5.52 Å². The minimum atomic E-state index is 0.375. The highest BCUT2D eigenvalue weighted by atomic mass is 35.5. The van der Waals surface area contributed by atoms with Crippen molar-refractivity contribution in [1.29, 1.82) is 0 Å². The predicted molar refractivity (Wildman–Crippen MR) is 115 cm³/mol. The van der Waals surface area contributed by atoms with Gasteiger partial charge in [0.25, 0.3) is 0 Å². The van der Waals surface area contributed by atoms with Crippen molar-refractivity contribution in [2.45, 2.75) is 25.8 Å². The van der Waals surface area contributed by atoms with Gasteiger partial charge in [0.15, 0.2) is 0 Å². The first-order chi connectivity index (χ1) is 12.6. The van der Waals surface area contributed by atoms with Gasteiger partial charge in [-0.3, -0.25) is 9.88 Å². The zero-order chi connectivity index (χ0) is 18.8. The Labute approximate surface area is 171 Å². The second kappa shape index (κ2) is 11.8. The largest absolute Gasteiger partial charge is 0.382 e. The van der Waals surface area contributed by atoms with Crippen LogP contribution in [0.2, 0.25) is 5.02 Å². The Morgan fingerprint density at radius 1 is 1.15 bits per heavy atom. The predicted octanol–water partition coefficient (Wildman–Crippen LogP) is 4.80. The third-order valence-corrected chi connectivity index (χ3v) is 4.81. The van der Waals surface area contributed by atoms with E-state index < -0.39 is 0 Å². The van der Waals surface area contributed by atoms with Crippen molar-refractivity contribution >= 4 is 51.4 Å². The maximum atomic E-state index is 6.05. The van der Waals surface area contributed by atoms with Gasteiger partial charge in [0.2, 0.25) is 0 Å². The molecule has 1 unspecified atom stereocenters. The standard InChI is InChI=1S/C19H27Cl3N4/c1-15(3-2-9-23-14-26(11-7-20)12-8-21)25-18-6-10-24-19-13-16(22)4-5-17(18)19/h4-6,10,13,15,23H,2-3,7-9,11-12,14H2,1H3,(H,24,25). The van der Waals surface area contributed by atoms with Crippen molar-refractivity contribution in [2.24, 2.45) is 0 Å². The molecule has 0 saturated carbocycles. The molecule has 1 aromatic carbocycles. The van der Waals surface area contributed by atoms with Gasteiger partial charge < -0.3 is 10.6 Å². The highest BCUT2D eigenvalue weighted by molar-refractivity contribution is 6.31. The zero-order valence-corrected chi connectivity index (χ0v) is 17.4. The molecule has 26 heavy (non-hydrogen) atoms. The molecule has 0 radical (unpaired) electrons. The van der Waals surface area contributed by atoms with Gasteiger partial charge in [-0.25, -0.2) is 0 Å². The van der Waals surface area contributed by atoms with Crippen molar-refractivity contribution in [3.8, 4) is 0 Å². The zero-order valence-electron chi connectivity index (χ0n) is 15.1. The van der Waals surface area contributed by atoms with Gasteiger partial charge in [-0.1, -0.05) is 11.6 Å². The van der Waals surface area contributed by atoms with Crippen molar-refractivity contribution in [3.05, 3.63) is 35.5 Å². The van der Waals surface area contributed by atoms with E-state index in [1.807, 2.05) is 30.5 Å². The summed E-state index contributed by atoms with van der Waals surface area (Å²) in [5.41, 5.74) is 2.01. The van der Waals surface area contributed by atoms with E-state index in [1.54, 1.807) is 0 Å². The maximum Gasteiger partial charge on any atom is 0.0737 e. The van der Waals surface area contributed by atoms with E-state index in [-0.39, 0.29) is 0 Å². The average Bonchev–Trinajstić information content (AvgIpc) is 2.61. The van der Waals surface area contributed by atoms with Crippen LogP contribution in [-0.2, 0) is 0 Å². The number of nitrogens with one attached hydrogen (secondary N) is 2. The van der Waals surface area contributed by atoms with Crippen molar-refractivity contribution in [1.82, 2.24) is 15.2 Å². The third kappa shape index (κ3) is 7.09. The molecule has 1 heterocycles. The SMILES string of the molecule is CC(CCCNCN(CCCl)CCCl)Nc1ccnc2cc(Cl)ccc12. The van der Waals surface area contributed by atoms with Gasteiger partial charge in [0, 0.05) is 59.9 Å². The molecule has 2 N–H and O–H groups in total. The topological polar surface area (TPSA) is 40.2 Å². The summed E-state index contributed by atoms with van der Waals surface area (Å²) in [4.78, 5) is 6.62. The van der Waals surface area contributed by atoms with Crippen LogP contribution in [0.4, 0.5) is 5.69 Å². The van der Waals surface area contributed by atoms with Gasteiger partial charge in [-0.15, -0.1) is 23.2 Å². The summed E-state index contributed by atoms with van der Waals surface area (Å²) in [5.74, 6) is 1.26. The molecule has 0 fully saturated rings. The fourth-order valence-corrected chi connectivity index (χ4v) is 3.51. The molecule has 1 aromatic heterocycles. The van der Waals surface area contributed by atoms with Gasteiger partial charge in [0.1, 0.15) is 0 Å². The highest BCUT2D eigenvalue weighted by Gasteiger charge is 2.07. The molecule has 2 aromatic rings. The number of hydrogen-bond donors (Lipinski definition) is 2. The molecule has 0 saturated heterocycles. The summed E-state index contributed by atoms with van der Waals surface area (Å²) in [5, 5.41) is 8.86. The Balaban J connectivity index is 1.75. The molecule has 4 nitrogen and oxygen atoms in total. The van der Waals surface area contributed by atoms with Crippen molar-refractivity contribution < 1.29 is 0 Å². The van der Waals surface area contributed by atoms with Gasteiger partial charge in [-0.2, -0.15) is 0 Å². The van der Waals surface area contributed by atoms with Crippen molar-refractivity contribution in [3.63, 3.8) is 0 Å². The number of halogens is 3. The van der Waals surface area contributed by atoms with Gasteiger partial charge >= 0.3 is 0 Å². The lowest BCUT2D eigenvalue weighted by Crippen LogP contribution is -2.37. The second-order valence-corrected chi connectivity index (χ2v) is 7.55. The lowest BCUT2D eigenvalue weighted by molar-refractivity contribution is 0.281. The first-order valence-corrected chi connectivity index (χ1v) is 10.4. The number of alkyl halides is 2. The molecule has 0 spiro atoms. The number of hydrogen-bond acceptors (Lipinski definition) is 4. The molecular weight excluding hydrogens is 391 g/mol. The fourth-order valence-electron chi connectivity index (χ4n) is 2.86. The van der Waals surface area contributed by atoms with Crippen LogP contribution in [0.1, 0.15) is 19.8 Å². The van der Waals surface area contributed by atoms with Crippen LogP contribution in [0.15, 0.2) is 30.5 Å². The van der Waals surface area contributed by atoms with Crippen LogP contribution in [0, 0.1) is 0 Å². The Bertz CT molecular complexity index is 662. The molecule has 144 valence electrons. The molecule has 0 aliphatic heterocycles.